The monoisotopic (exact) mass is 227 g/mol. The van der Waals surface area contributed by atoms with Gasteiger partial charge in [-0.1, -0.05) is 0 Å². The Morgan fingerprint density at radius 2 is 1.80 bits per heavy atom. The van der Waals surface area contributed by atoms with E-state index in [2.05, 4.69) is 0 Å². The molecule has 0 saturated heterocycles. The number of primary sulfonamides is 1. The SMILES string of the molecule is NS(=O)(=O)c1ccc(OC2CCC2)cc1. The molecule has 1 aliphatic carbocycles. The summed E-state index contributed by atoms with van der Waals surface area (Å²) in [6.07, 6.45) is 3.67. The highest BCUT2D eigenvalue weighted by molar-refractivity contribution is 7.89. The Labute approximate surface area is 89.1 Å². The first-order chi connectivity index (χ1) is 7.05. The zero-order valence-corrected chi connectivity index (χ0v) is 9.03. The van der Waals surface area contributed by atoms with Crippen molar-refractivity contribution in [2.45, 2.75) is 30.3 Å². The number of rotatable bonds is 3. The van der Waals surface area contributed by atoms with Gasteiger partial charge in [0.15, 0.2) is 0 Å². The van der Waals surface area contributed by atoms with Gasteiger partial charge in [-0.05, 0) is 43.5 Å². The van der Waals surface area contributed by atoms with Crippen LogP contribution >= 0.6 is 0 Å². The predicted molar refractivity (Wildman–Crippen MR) is 56.1 cm³/mol. The van der Waals surface area contributed by atoms with Crippen LogP contribution in [0.4, 0.5) is 0 Å². The lowest BCUT2D eigenvalue weighted by Crippen LogP contribution is -2.24. The van der Waals surface area contributed by atoms with Crippen molar-refractivity contribution < 1.29 is 13.2 Å². The molecule has 0 radical (unpaired) electrons. The van der Waals surface area contributed by atoms with Crippen molar-refractivity contribution in [2.75, 3.05) is 0 Å². The number of hydrogen-bond acceptors (Lipinski definition) is 3. The summed E-state index contributed by atoms with van der Waals surface area (Å²) in [5, 5.41) is 4.98. The van der Waals surface area contributed by atoms with Crippen LogP contribution in [-0.4, -0.2) is 14.5 Å². The number of hydrogen-bond donors (Lipinski definition) is 1. The lowest BCUT2D eigenvalue weighted by atomic mass is 9.96. The van der Waals surface area contributed by atoms with E-state index in [1.807, 2.05) is 0 Å². The summed E-state index contributed by atoms with van der Waals surface area (Å²) < 4.78 is 27.5. The van der Waals surface area contributed by atoms with Crippen molar-refractivity contribution in [3.63, 3.8) is 0 Å². The molecule has 15 heavy (non-hydrogen) atoms. The first-order valence-electron chi connectivity index (χ1n) is 4.85. The Kier molecular flexibility index (Phi) is 2.67. The van der Waals surface area contributed by atoms with Crippen LogP contribution in [0.2, 0.25) is 0 Å². The van der Waals surface area contributed by atoms with Crippen molar-refractivity contribution in [1.82, 2.24) is 0 Å². The number of sulfonamides is 1. The number of nitrogens with two attached hydrogens (primary N) is 1. The van der Waals surface area contributed by atoms with Gasteiger partial charge in [0.25, 0.3) is 0 Å². The second-order valence-electron chi connectivity index (χ2n) is 3.69. The van der Waals surface area contributed by atoms with Gasteiger partial charge in [0, 0.05) is 0 Å². The fourth-order valence-corrected chi connectivity index (χ4v) is 1.90. The highest BCUT2D eigenvalue weighted by atomic mass is 32.2. The van der Waals surface area contributed by atoms with E-state index in [1.165, 1.54) is 18.6 Å². The molecule has 2 rings (SSSR count). The molecular formula is C10H13NO3S. The zero-order chi connectivity index (χ0) is 10.9. The minimum Gasteiger partial charge on any atom is -0.490 e. The Hall–Kier alpha value is -1.07. The molecule has 4 nitrogen and oxygen atoms in total. The normalized spacial score (nSPS) is 17.1. The third kappa shape index (κ3) is 2.49. The summed E-state index contributed by atoms with van der Waals surface area (Å²) in [6.45, 7) is 0. The molecule has 1 fully saturated rings. The molecule has 0 atom stereocenters. The van der Waals surface area contributed by atoms with E-state index in [0.717, 1.165) is 12.8 Å². The van der Waals surface area contributed by atoms with E-state index in [9.17, 15) is 8.42 Å². The molecule has 0 aromatic heterocycles. The second kappa shape index (κ2) is 3.83. The van der Waals surface area contributed by atoms with Crippen LogP contribution in [0.25, 0.3) is 0 Å². The number of ether oxygens (including phenoxy) is 1. The van der Waals surface area contributed by atoms with Crippen molar-refractivity contribution >= 4 is 10.0 Å². The molecule has 5 heteroatoms. The van der Waals surface area contributed by atoms with Gasteiger partial charge in [-0.3, -0.25) is 0 Å². The van der Waals surface area contributed by atoms with E-state index in [0.29, 0.717) is 11.9 Å². The van der Waals surface area contributed by atoms with Gasteiger partial charge < -0.3 is 4.74 Å². The third-order valence-corrected chi connectivity index (χ3v) is 3.44. The molecule has 2 N–H and O–H groups in total. The van der Waals surface area contributed by atoms with Crippen LogP contribution in [0.5, 0.6) is 5.75 Å². The molecule has 1 aliphatic rings. The summed E-state index contributed by atoms with van der Waals surface area (Å²) in [5.74, 6) is 0.701. The number of benzene rings is 1. The van der Waals surface area contributed by atoms with Crippen LogP contribution in [0.1, 0.15) is 19.3 Å². The molecule has 0 aliphatic heterocycles. The first kappa shape index (κ1) is 10.4. The average molecular weight is 227 g/mol. The smallest absolute Gasteiger partial charge is 0.238 e. The van der Waals surface area contributed by atoms with E-state index in [-0.39, 0.29) is 4.90 Å². The molecule has 0 heterocycles. The largest absolute Gasteiger partial charge is 0.490 e. The summed E-state index contributed by atoms with van der Waals surface area (Å²) in [7, 11) is -3.60. The van der Waals surface area contributed by atoms with Crippen LogP contribution < -0.4 is 9.88 Å². The molecule has 1 saturated carbocycles. The van der Waals surface area contributed by atoms with Crippen LogP contribution in [0.15, 0.2) is 29.2 Å². The molecule has 0 spiro atoms. The fourth-order valence-electron chi connectivity index (χ4n) is 1.39. The van der Waals surface area contributed by atoms with Gasteiger partial charge in [-0.15, -0.1) is 0 Å². The lowest BCUT2D eigenvalue weighted by Gasteiger charge is -2.26. The molecular weight excluding hydrogens is 214 g/mol. The Bertz CT molecular complexity index is 434. The molecule has 0 bridgehead atoms. The second-order valence-corrected chi connectivity index (χ2v) is 5.25. The minimum atomic E-state index is -3.60. The summed E-state index contributed by atoms with van der Waals surface area (Å²) in [5.41, 5.74) is 0. The molecule has 0 amide bonds. The lowest BCUT2D eigenvalue weighted by molar-refractivity contribution is 0.120. The van der Waals surface area contributed by atoms with Crippen LogP contribution in [-0.2, 0) is 10.0 Å². The maximum atomic E-state index is 11.0. The van der Waals surface area contributed by atoms with Crippen molar-refractivity contribution in [3.8, 4) is 5.75 Å². The molecule has 1 aromatic carbocycles. The quantitative estimate of drug-likeness (QED) is 0.845. The average Bonchev–Trinajstić information content (AvgIpc) is 2.11. The molecule has 82 valence electrons. The summed E-state index contributed by atoms with van der Waals surface area (Å²) in [4.78, 5) is 0.114. The maximum Gasteiger partial charge on any atom is 0.238 e. The van der Waals surface area contributed by atoms with E-state index in [1.54, 1.807) is 12.1 Å². The highest BCUT2D eigenvalue weighted by Gasteiger charge is 2.19. The van der Waals surface area contributed by atoms with E-state index >= 15 is 0 Å². The Morgan fingerprint density at radius 3 is 2.20 bits per heavy atom. The Balaban J connectivity index is 2.09. The van der Waals surface area contributed by atoms with Gasteiger partial charge in [-0.2, -0.15) is 0 Å². The van der Waals surface area contributed by atoms with Gasteiger partial charge in [0.05, 0.1) is 11.0 Å². The predicted octanol–water partition coefficient (Wildman–Crippen LogP) is 1.27. The first-order valence-corrected chi connectivity index (χ1v) is 6.40. The molecule has 1 aromatic rings. The van der Waals surface area contributed by atoms with Crippen LogP contribution in [0.3, 0.4) is 0 Å². The summed E-state index contributed by atoms with van der Waals surface area (Å²) in [6, 6.07) is 6.20. The third-order valence-electron chi connectivity index (χ3n) is 2.51. The highest BCUT2D eigenvalue weighted by Crippen LogP contribution is 2.25. The van der Waals surface area contributed by atoms with Crippen molar-refractivity contribution in [1.29, 1.82) is 0 Å². The van der Waals surface area contributed by atoms with E-state index in [4.69, 9.17) is 9.88 Å². The zero-order valence-electron chi connectivity index (χ0n) is 8.22. The van der Waals surface area contributed by atoms with Crippen molar-refractivity contribution in [2.24, 2.45) is 5.14 Å². The van der Waals surface area contributed by atoms with Crippen LogP contribution in [0, 0.1) is 0 Å². The van der Waals surface area contributed by atoms with Gasteiger partial charge in [-0.25, -0.2) is 13.6 Å². The van der Waals surface area contributed by atoms with Gasteiger partial charge in [0.1, 0.15) is 5.75 Å². The summed E-state index contributed by atoms with van der Waals surface area (Å²) >= 11 is 0. The molecule has 0 unspecified atom stereocenters. The van der Waals surface area contributed by atoms with Gasteiger partial charge >= 0.3 is 0 Å². The van der Waals surface area contributed by atoms with Crippen molar-refractivity contribution in [3.05, 3.63) is 24.3 Å². The topological polar surface area (TPSA) is 69.4 Å². The van der Waals surface area contributed by atoms with Gasteiger partial charge in [0.2, 0.25) is 10.0 Å². The van der Waals surface area contributed by atoms with E-state index < -0.39 is 10.0 Å². The fraction of sp³-hybridized carbons (Fsp3) is 0.400. The minimum absolute atomic E-state index is 0.114. The maximum absolute atomic E-state index is 11.0. The Morgan fingerprint density at radius 1 is 1.20 bits per heavy atom. The standard InChI is InChI=1S/C10H13NO3S/c11-15(12,13)10-6-4-9(5-7-10)14-8-2-1-3-8/h4-8H,1-3H2,(H2,11,12,13).